The zero-order valence-corrected chi connectivity index (χ0v) is 11.6. The van der Waals surface area contributed by atoms with Crippen molar-refractivity contribution >= 4 is 33.6 Å². The van der Waals surface area contributed by atoms with Crippen LogP contribution in [0, 0.1) is 0 Å². The van der Waals surface area contributed by atoms with Crippen LogP contribution in [0.4, 0.5) is 10.5 Å². The molecule has 1 aromatic carbocycles. The summed E-state index contributed by atoms with van der Waals surface area (Å²) in [6, 6.07) is 6.77. The Bertz CT molecular complexity index is 424. The van der Waals surface area contributed by atoms with E-state index in [1.54, 1.807) is 31.2 Å². The number of ether oxygens (including phenoxy) is 1. The molecule has 0 unspecified atom stereocenters. The first-order valence-electron chi connectivity index (χ1n) is 5.56. The summed E-state index contributed by atoms with van der Waals surface area (Å²) >= 11 is 3.23. The number of hydrogen-bond acceptors (Lipinski definition) is 3. The van der Waals surface area contributed by atoms with Crippen molar-refractivity contribution in [1.29, 1.82) is 0 Å². The number of amides is 2. The standard InChI is InChI=1S/C12H15BrN2O3/c1-2-18-12(17)15-10-6-4-3-5-9(10)11(16)14-8-7-13/h3-6H,2,7-8H2,1H3,(H,14,16)(H,15,17). The summed E-state index contributed by atoms with van der Waals surface area (Å²) in [5.74, 6) is -0.234. The molecule has 0 saturated heterocycles. The van der Waals surface area contributed by atoms with Crippen molar-refractivity contribution in [3.8, 4) is 0 Å². The third-order valence-electron chi connectivity index (χ3n) is 2.06. The van der Waals surface area contributed by atoms with Gasteiger partial charge in [-0.05, 0) is 19.1 Å². The van der Waals surface area contributed by atoms with E-state index in [4.69, 9.17) is 4.74 Å². The maximum atomic E-state index is 11.8. The van der Waals surface area contributed by atoms with Gasteiger partial charge in [0.2, 0.25) is 0 Å². The Hall–Kier alpha value is -1.56. The molecule has 0 atom stereocenters. The first kappa shape index (κ1) is 14.5. The molecule has 0 aromatic heterocycles. The van der Waals surface area contributed by atoms with Gasteiger partial charge in [0.15, 0.2) is 0 Å². The van der Waals surface area contributed by atoms with Crippen molar-refractivity contribution < 1.29 is 14.3 Å². The molecule has 0 bridgehead atoms. The van der Waals surface area contributed by atoms with Crippen LogP contribution in [0.1, 0.15) is 17.3 Å². The summed E-state index contributed by atoms with van der Waals surface area (Å²) in [7, 11) is 0. The van der Waals surface area contributed by atoms with E-state index in [0.717, 1.165) is 0 Å². The minimum absolute atomic E-state index is 0.234. The molecule has 0 saturated carbocycles. The minimum Gasteiger partial charge on any atom is -0.450 e. The number of halogens is 1. The normalized spacial score (nSPS) is 9.67. The number of carbonyl (C=O) groups is 2. The summed E-state index contributed by atoms with van der Waals surface area (Å²) in [4.78, 5) is 23.2. The molecule has 1 rings (SSSR count). The fourth-order valence-electron chi connectivity index (χ4n) is 1.32. The van der Waals surface area contributed by atoms with Gasteiger partial charge in [-0.1, -0.05) is 28.1 Å². The molecule has 2 N–H and O–H groups in total. The summed E-state index contributed by atoms with van der Waals surface area (Å²) < 4.78 is 4.77. The van der Waals surface area contributed by atoms with Crippen molar-refractivity contribution in [1.82, 2.24) is 5.32 Å². The van der Waals surface area contributed by atoms with Gasteiger partial charge in [0.25, 0.3) is 5.91 Å². The summed E-state index contributed by atoms with van der Waals surface area (Å²) in [6.45, 7) is 2.52. The quantitative estimate of drug-likeness (QED) is 0.820. The SMILES string of the molecule is CCOC(=O)Nc1ccccc1C(=O)NCCBr. The van der Waals surface area contributed by atoms with Gasteiger partial charge in [0, 0.05) is 11.9 Å². The number of anilines is 1. The van der Waals surface area contributed by atoms with Crippen molar-refractivity contribution in [2.45, 2.75) is 6.92 Å². The van der Waals surface area contributed by atoms with E-state index in [2.05, 4.69) is 26.6 Å². The molecule has 5 nitrogen and oxygen atoms in total. The molecule has 6 heteroatoms. The van der Waals surface area contributed by atoms with Gasteiger partial charge in [0.05, 0.1) is 17.9 Å². The number of para-hydroxylation sites is 1. The lowest BCUT2D eigenvalue weighted by molar-refractivity contribution is 0.0957. The summed E-state index contributed by atoms with van der Waals surface area (Å²) in [6.07, 6.45) is -0.571. The van der Waals surface area contributed by atoms with Gasteiger partial charge in [-0.25, -0.2) is 4.79 Å². The molecule has 0 radical (unpaired) electrons. The van der Waals surface area contributed by atoms with E-state index in [1.807, 2.05) is 0 Å². The van der Waals surface area contributed by atoms with Crippen LogP contribution >= 0.6 is 15.9 Å². The van der Waals surface area contributed by atoms with Crippen molar-refractivity contribution in [3.05, 3.63) is 29.8 Å². The van der Waals surface area contributed by atoms with Crippen LogP contribution in [-0.2, 0) is 4.74 Å². The lowest BCUT2D eigenvalue weighted by Gasteiger charge is -2.10. The predicted octanol–water partition coefficient (Wildman–Crippen LogP) is 2.38. The highest BCUT2D eigenvalue weighted by atomic mass is 79.9. The van der Waals surface area contributed by atoms with Gasteiger partial charge in [0.1, 0.15) is 0 Å². The molecule has 0 aliphatic rings. The number of nitrogens with one attached hydrogen (secondary N) is 2. The van der Waals surface area contributed by atoms with E-state index in [-0.39, 0.29) is 12.5 Å². The van der Waals surface area contributed by atoms with Crippen LogP contribution < -0.4 is 10.6 Å². The average Bonchev–Trinajstić information content (AvgIpc) is 2.37. The number of carbonyl (C=O) groups excluding carboxylic acids is 2. The molecule has 18 heavy (non-hydrogen) atoms. The molecule has 0 fully saturated rings. The molecule has 0 heterocycles. The maximum absolute atomic E-state index is 11.8. The highest BCUT2D eigenvalue weighted by Gasteiger charge is 2.12. The first-order valence-corrected chi connectivity index (χ1v) is 6.68. The number of hydrogen-bond donors (Lipinski definition) is 2. The first-order chi connectivity index (χ1) is 8.69. The van der Waals surface area contributed by atoms with Crippen molar-refractivity contribution in [2.24, 2.45) is 0 Å². The lowest BCUT2D eigenvalue weighted by Crippen LogP contribution is -2.26. The molecule has 2 amide bonds. The Morgan fingerprint density at radius 3 is 2.72 bits per heavy atom. The van der Waals surface area contributed by atoms with E-state index in [9.17, 15) is 9.59 Å². The van der Waals surface area contributed by atoms with Crippen LogP contribution in [0.15, 0.2) is 24.3 Å². The molecular weight excluding hydrogens is 300 g/mol. The molecular formula is C12H15BrN2O3. The Kier molecular flexibility index (Phi) is 6.21. The van der Waals surface area contributed by atoms with Gasteiger partial charge >= 0.3 is 6.09 Å². The average molecular weight is 315 g/mol. The largest absolute Gasteiger partial charge is 0.450 e. The molecule has 0 aliphatic carbocycles. The van der Waals surface area contributed by atoms with Crippen molar-refractivity contribution in [2.75, 3.05) is 23.8 Å². The van der Waals surface area contributed by atoms with Gasteiger partial charge in [-0.2, -0.15) is 0 Å². The molecule has 0 aliphatic heterocycles. The summed E-state index contributed by atoms with van der Waals surface area (Å²) in [5, 5.41) is 5.92. The van der Waals surface area contributed by atoms with Gasteiger partial charge < -0.3 is 10.1 Å². The van der Waals surface area contributed by atoms with E-state index in [1.165, 1.54) is 0 Å². The zero-order valence-electron chi connectivity index (χ0n) is 10.0. The highest BCUT2D eigenvalue weighted by Crippen LogP contribution is 2.15. The maximum Gasteiger partial charge on any atom is 0.411 e. The Morgan fingerprint density at radius 1 is 1.33 bits per heavy atom. The van der Waals surface area contributed by atoms with Gasteiger partial charge in [-0.3, -0.25) is 10.1 Å². The van der Waals surface area contributed by atoms with Crippen LogP contribution in [0.2, 0.25) is 0 Å². The Labute approximate surface area is 114 Å². The van der Waals surface area contributed by atoms with Gasteiger partial charge in [-0.15, -0.1) is 0 Å². The second-order valence-corrected chi connectivity index (χ2v) is 4.13. The van der Waals surface area contributed by atoms with E-state index < -0.39 is 6.09 Å². The van der Waals surface area contributed by atoms with E-state index >= 15 is 0 Å². The Morgan fingerprint density at radius 2 is 2.06 bits per heavy atom. The molecule has 0 spiro atoms. The van der Waals surface area contributed by atoms with Crippen LogP contribution in [0.3, 0.4) is 0 Å². The third kappa shape index (κ3) is 4.37. The van der Waals surface area contributed by atoms with Crippen LogP contribution in [0.5, 0.6) is 0 Å². The number of alkyl halides is 1. The van der Waals surface area contributed by atoms with Crippen LogP contribution in [0.25, 0.3) is 0 Å². The monoisotopic (exact) mass is 314 g/mol. The minimum atomic E-state index is -0.571. The Balaban J connectivity index is 2.79. The second-order valence-electron chi connectivity index (χ2n) is 3.34. The van der Waals surface area contributed by atoms with E-state index in [0.29, 0.717) is 23.1 Å². The third-order valence-corrected chi connectivity index (χ3v) is 2.46. The predicted molar refractivity (Wildman–Crippen MR) is 73.2 cm³/mol. The topological polar surface area (TPSA) is 67.4 Å². The highest BCUT2D eigenvalue weighted by molar-refractivity contribution is 9.09. The smallest absolute Gasteiger partial charge is 0.411 e. The van der Waals surface area contributed by atoms with Crippen molar-refractivity contribution in [3.63, 3.8) is 0 Å². The molecule has 1 aromatic rings. The summed E-state index contributed by atoms with van der Waals surface area (Å²) in [5.41, 5.74) is 0.842. The number of benzene rings is 1. The molecule has 98 valence electrons. The zero-order chi connectivity index (χ0) is 13.4. The number of rotatable bonds is 5. The fourth-order valence-corrected chi connectivity index (χ4v) is 1.52. The second kappa shape index (κ2) is 7.71. The van der Waals surface area contributed by atoms with Crippen LogP contribution in [-0.4, -0.2) is 30.5 Å². The lowest BCUT2D eigenvalue weighted by atomic mass is 10.1. The fraction of sp³-hybridized carbons (Fsp3) is 0.333.